The van der Waals surface area contributed by atoms with Gasteiger partial charge in [-0.3, -0.25) is 4.99 Å². The Morgan fingerprint density at radius 3 is 2.40 bits per heavy atom. The highest BCUT2D eigenvalue weighted by Crippen LogP contribution is 2.01. The fourth-order valence-corrected chi connectivity index (χ4v) is 0.609. The molecule has 0 unspecified atom stereocenters. The Bertz CT molecular complexity index is 137. The number of amidine groups is 1. The van der Waals surface area contributed by atoms with Crippen molar-refractivity contribution in [3.05, 3.63) is 0 Å². The lowest BCUT2D eigenvalue weighted by Crippen LogP contribution is -1.99. The maximum absolute atomic E-state index is 4.86. The molecule has 0 aliphatic heterocycles. The molecular weight excluding hydrogens is 128 g/mol. The molecule has 0 atom stereocenters. The molecule has 0 aromatic carbocycles. The number of hydrogen-bond acceptors (Lipinski definition) is 2. The molecule has 0 aromatic heterocycles. The Labute approximate surface area is 61.2 Å². The van der Waals surface area contributed by atoms with Crippen molar-refractivity contribution in [3.63, 3.8) is 0 Å². The predicted octanol–water partition coefficient (Wildman–Crippen LogP) is 1.39. The minimum absolute atomic E-state index is 0.546. The summed E-state index contributed by atoms with van der Waals surface area (Å²) >= 11 is 0. The average Bonchev–Trinajstić information content (AvgIpc) is 1.86. The number of hydrogen-bond donors (Lipinski definition) is 1. The van der Waals surface area contributed by atoms with Crippen LogP contribution in [0.5, 0.6) is 0 Å². The minimum Gasteiger partial charge on any atom is -0.305 e. The summed E-state index contributed by atoms with van der Waals surface area (Å²) in [5, 5.41) is 6.79. The highest BCUT2D eigenvalue weighted by atomic mass is 15.3. The van der Waals surface area contributed by atoms with Gasteiger partial charge in [-0.2, -0.15) is 0 Å². The second-order valence-electron chi connectivity index (χ2n) is 2.45. The second-order valence-corrected chi connectivity index (χ2v) is 2.45. The fraction of sp³-hybridized carbons (Fsp3) is 0.833. The molecule has 0 spiro atoms. The summed E-state index contributed by atoms with van der Waals surface area (Å²) in [6.45, 7) is 4.19. The van der Waals surface area contributed by atoms with Gasteiger partial charge in [-0.1, -0.05) is 19.1 Å². The van der Waals surface area contributed by atoms with Crippen LogP contribution in [0.3, 0.4) is 0 Å². The highest BCUT2D eigenvalue weighted by molar-refractivity contribution is 5.82. The van der Waals surface area contributed by atoms with E-state index in [0.29, 0.717) is 11.8 Å². The van der Waals surface area contributed by atoms with Gasteiger partial charge in [-0.25, -0.2) is 0 Å². The van der Waals surface area contributed by atoms with Gasteiger partial charge in [-0.15, -0.1) is 5.11 Å². The summed E-state index contributed by atoms with van der Waals surface area (Å²) in [5.74, 6) is 6.11. The van der Waals surface area contributed by atoms with Crippen LogP contribution < -0.4 is 5.84 Å². The van der Waals surface area contributed by atoms with Crippen LogP contribution in [0.4, 0.5) is 0 Å². The highest BCUT2D eigenvalue weighted by Gasteiger charge is 1.99. The average molecular weight is 142 g/mol. The summed E-state index contributed by atoms with van der Waals surface area (Å²) in [5.41, 5.74) is 0. The summed E-state index contributed by atoms with van der Waals surface area (Å²) < 4.78 is 0. The smallest absolute Gasteiger partial charge is 0.147 e. The van der Waals surface area contributed by atoms with Crippen LogP contribution in [0.25, 0.3) is 0 Å². The predicted molar refractivity (Wildman–Crippen MR) is 41.9 cm³/mol. The molecular formula is C6H14N4. The van der Waals surface area contributed by atoms with Crippen molar-refractivity contribution >= 4 is 5.84 Å². The van der Waals surface area contributed by atoms with Gasteiger partial charge in [0.2, 0.25) is 0 Å². The third-order valence-corrected chi connectivity index (χ3v) is 1.02. The Balaban J connectivity index is 3.86. The molecule has 0 rings (SSSR count). The second kappa shape index (κ2) is 4.90. The SMILES string of the molecule is CN=C(CC(C)C)N=NN. The van der Waals surface area contributed by atoms with E-state index in [4.69, 9.17) is 5.84 Å². The summed E-state index contributed by atoms with van der Waals surface area (Å²) in [4.78, 5) is 3.89. The van der Waals surface area contributed by atoms with Gasteiger partial charge in [0.1, 0.15) is 5.84 Å². The normalized spacial score (nSPS) is 13.4. The molecule has 0 aliphatic carbocycles. The Morgan fingerprint density at radius 1 is 1.50 bits per heavy atom. The van der Waals surface area contributed by atoms with E-state index in [9.17, 15) is 0 Å². The number of rotatable bonds is 2. The summed E-state index contributed by atoms with van der Waals surface area (Å²) in [6.07, 6.45) is 0.831. The first-order valence-electron chi connectivity index (χ1n) is 3.27. The number of nitrogens with zero attached hydrogens (tertiary/aromatic N) is 3. The maximum atomic E-state index is 4.86. The van der Waals surface area contributed by atoms with Crippen LogP contribution in [0.1, 0.15) is 20.3 Å². The topological polar surface area (TPSA) is 63.1 Å². The molecule has 0 bridgehead atoms. The Morgan fingerprint density at radius 2 is 2.10 bits per heavy atom. The van der Waals surface area contributed by atoms with Gasteiger partial charge in [0, 0.05) is 13.5 Å². The van der Waals surface area contributed by atoms with E-state index in [2.05, 4.69) is 29.2 Å². The van der Waals surface area contributed by atoms with Crippen molar-refractivity contribution in [2.45, 2.75) is 20.3 Å². The van der Waals surface area contributed by atoms with E-state index in [-0.39, 0.29) is 0 Å². The molecule has 0 fully saturated rings. The lowest BCUT2D eigenvalue weighted by atomic mass is 10.1. The van der Waals surface area contributed by atoms with E-state index in [1.54, 1.807) is 7.05 Å². The Kier molecular flexibility index (Phi) is 4.45. The molecule has 4 heteroatoms. The van der Waals surface area contributed by atoms with Crippen molar-refractivity contribution in [1.29, 1.82) is 0 Å². The largest absolute Gasteiger partial charge is 0.305 e. The number of nitrogens with two attached hydrogens (primary N) is 1. The van der Waals surface area contributed by atoms with E-state index in [1.807, 2.05) is 0 Å². The first kappa shape index (κ1) is 9.07. The van der Waals surface area contributed by atoms with Gasteiger partial charge in [0.15, 0.2) is 0 Å². The molecule has 0 aliphatic rings. The zero-order valence-electron chi connectivity index (χ0n) is 6.70. The number of aliphatic imine (C=N–C) groups is 1. The fourth-order valence-electron chi connectivity index (χ4n) is 0.609. The standard InChI is InChI=1S/C6H14N4/c1-5(2)4-6(8-3)9-10-7/h5H,4H2,1-3H3,(H2,7,8,9). The lowest BCUT2D eigenvalue weighted by Gasteiger charge is -2.00. The molecule has 4 nitrogen and oxygen atoms in total. The molecule has 0 amide bonds. The van der Waals surface area contributed by atoms with Crippen LogP contribution in [0.2, 0.25) is 0 Å². The third-order valence-electron chi connectivity index (χ3n) is 1.02. The molecule has 0 heterocycles. The minimum atomic E-state index is 0.546. The van der Waals surface area contributed by atoms with Crippen LogP contribution in [-0.4, -0.2) is 12.9 Å². The molecule has 10 heavy (non-hydrogen) atoms. The van der Waals surface area contributed by atoms with Crippen LogP contribution in [0.15, 0.2) is 15.3 Å². The molecule has 0 saturated carbocycles. The van der Waals surface area contributed by atoms with Gasteiger partial charge in [-0.05, 0) is 5.92 Å². The van der Waals surface area contributed by atoms with Crippen LogP contribution >= 0.6 is 0 Å². The van der Waals surface area contributed by atoms with Gasteiger partial charge in [0.05, 0.1) is 0 Å². The van der Waals surface area contributed by atoms with E-state index >= 15 is 0 Å². The van der Waals surface area contributed by atoms with E-state index < -0.39 is 0 Å². The molecule has 58 valence electrons. The van der Waals surface area contributed by atoms with Gasteiger partial charge < -0.3 is 5.84 Å². The first-order valence-corrected chi connectivity index (χ1v) is 3.27. The van der Waals surface area contributed by atoms with E-state index in [0.717, 1.165) is 6.42 Å². The molecule has 0 aromatic rings. The summed E-state index contributed by atoms with van der Waals surface area (Å²) in [7, 11) is 1.69. The van der Waals surface area contributed by atoms with Gasteiger partial charge in [0.25, 0.3) is 0 Å². The summed E-state index contributed by atoms with van der Waals surface area (Å²) in [6, 6.07) is 0. The first-order chi connectivity index (χ1) is 4.70. The van der Waals surface area contributed by atoms with Crippen molar-refractivity contribution in [3.8, 4) is 0 Å². The van der Waals surface area contributed by atoms with Gasteiger partial charge >= 0.3 is 0 Å². The monoisotopic (exact) mass is 142 g/mol. The van der Waals surface area contributed by atoms with Crippen LogP contribution in [0, 0.1) is 5.92 Å². The van der Waals surface area contributed by atoms with Crippen LogP contribution in [-0.2, 0) is 0 Å². The van der Waals surface area contributed by atoms with Crippen molar-refractivity contribution in [2.75, 3.05) is 7.05 Å². The zero-order chi connectivity index (χ0) is 7.98. The Hall–Kier alpha value is -0.930. The zero-order valence-corrected chi connectivity index (χ0v) is 6.70. The van der Waals surface area contributed by atoms with Crippen molar-refractivity contribution in [2.24, 2.45) is 27.1 Å². The third kappa shape index (κ3) is 4.00. The van der Waals surface area contributed by atoms with Crippen molar-refractivity contribution in [1.82, 2.24) is 0 Å². The quantitative estimate of drug-likeness (QED) is 0.204. The molecule has 0 radical (unpaired) electrons. The molecule has 0 saturated heterocycles. The van der Waals surface area contributed by atoms with E-state index in [1.165, 1.54) is 0 Å². The maximum Gasteiger partial charge on any atom is 0.147 e. The molecule has 2 N–H and O–H groups in total. The lowest BCUT2D eigenvalue weighted by molar-refractivity contribution is 0.677. The van der Waals surface area contributed by atoms with Crippen molar-refractivity contribution < 1.29 is 0 Å².